The molecule has 130 valence electrons. The van der Waals surface area contributed by atoms with E-state index in [9.17, 15) is 14.7 Å². The van der Waals surface area contributed by atoms with Gasteiger partial charge < -0.3 is 15.3 Å². The van der Waals surface area contributed by atoms with Crippen molar-refractivity contribution >= 4 is 11.8 Å². The third kappa shape index (κ3) is 4.46. The van der Waals surface area contributed by atoms with Crippen molar-refractivity contribution in [2.24, 2.45) is 11.8 Å². The van der Waals surface area contributed by atoms with E-state index < -0.39 is 12.1 Å². The number of aliphatic hydroxyl groups excluding tert-OH is 1. The second-order valence-corrected chi connectivity index (χ2v) is 7.73. The number of carbonyl (C=O) groups is 2. The van der Waals surface area contributed by atoms with Gasteiger partial charge in [-0.3, -0.25) is 9.59 Å². The molecule has 0 radical (unpaired) electrons. The van der Waals surface area contributed by atoms with E-state index in [0.29, 0.717) is 12.0 Å². The molecule has 2 N–H and O–H groups in total. The van der Waals surface area contributed by atoms with Crippen LogP contribution in [0.1, 0.15) is 64.7 Å². The number of nitrogens with one attached hydrogen (secondary N) is 1. The summed E-state index contributed by atoms with van der Waals surface area (Å²) >= 11 is 0. The summed E-state index contributed by atoms with van der Waals surface area (Å²) in [5.41, 5.74) is 0. The minimum Gasteiger partial charge on any atom is -0.391 e. The van der Waals surface area contributed by atoms with E-state index in [0.717, 1.165) is 32.2 Å². The molecule has 0 saturated heterocycles. The van der Waals surface area contributed by atoms with Crippen LogP contribution >= 0.6 is 0 Å². The summed E-state index contributed by atoms with van der Waals surface area (Å²) < 4.78 is 0. The van der Waals surface area contributed by atoms with Gasteiger partial charge in [0.1, 0.15) is 6.04 Å². The van der Waals surface area contributed by atoms with Crippen LogP contribution in [0.3, 0.4) is 0 Å². The molecule has 5 nitrogen and oxygen atoms in total. The van der Waals surface area contributed by atoms with Gasteiger partial charge in [0.05, 0.1) is 6.10 Å². The fraction of sp³-hybridized carbons (Fsp3) is 0.889. The van der Waals surface area contributed by atoms with Crippen LogP contribution in [0.25, 0.3) is 0 Å². The van der Waals surface area contributed by atoms with Crippen molar-refractivity contribution in [2.75, 3.05) is 6.54 Å². The Bertz CT molecular complexity index is 438. The van der Waals surface area contributed by atoms with E-state index in [-0.39, 0.29) is 17.7 Å². The van der Waals surface area contributed by atoms with Crippen LogP contribution in [-0.4, -0.2) is 46.6 Å². The van der Waals surface area contributed by atoms with Gasteiger partial charge in [-0.2, -0.15) is 0 Å². The highest BCUT2D eigenvalue weighted by molar-refractivity contribution is 5.90. The standard InChI is InChI=1S/C18H30N2O3/c1-12(21)16(19-17(22)14-7-8-14)18(23)20(15-9-10-15)11-13-5-3-2-4-6-13/h12-16,21H,2-11H2,1H3,(H,19,22). The number of hydrogen-bond donors (Lipinski definition) is 2. The number of hydrogen-bond acceptors (Lipinski definition) is 3. The van der Waals surface area contributed by atoms with Crippen molar-refractivity contribution in [1.82, 2.24) is 10.2 Å². The number of nitrogens with zero attached hydrogens (tertiary/aromatic N) is 1. The summed E-state index contributed by atoms with van der Waals surface area (Å²) in [6.45, 7) is 2.40. The first-order valence-electron chi connectivity index (χ1n) is 9.35. The number of amides is 2. The van der Waals surface area contributed by atoms with Gasteiger partial charge in [-0.25, -0.2) is 0 Å². The second-order valence-electron chi connectivity index (χ2n) is 7.73. The zero-order chi connectivity index (χ0) is 16.4. The Balaban J connectivity index is 1.63. The summed E-state index contributed by atoms with van der Waals surface area (Å²) in [5.74, 6) is 0.485. The van der Waals surface area contributed by atoms with Crippen molar-refractivity contribution in [1.29, 1.82) is 0 Å². The molecule has 3 rings (SSSR count). The second kappa shape index (κ2) is 7.20. The average molecular weight is 322 g/mol. The summed E-state index contributed by atoms with van der Waals surface area (Å²) in [6.07, 6.45) is 9.30. The molecule has 0 bridgehead atoms. The maximum absolute atomic E-state index is 13.0. The molecule has 5 heteroatoms. The molecule has 0 aromatic carbocycles. The van der Waals surface area contributed by atoms with E-state index in [1.807, 2.05) is 4.90 Å². The molecule has 3 aliphatic rings. The minimum atomic E-state index is -0.849. The molecule has 0 aliphatic heterocycles. The van der Waals surface area contributed by atoms with Crippen LogP contribution < -0.4 is 5.32 Å². The summed E-state index contributed by atoms with van der Waals surface area (Å²) in [7, 11) is 0. The van der Waals surface area contributed by atoms with Crippen LogP contribution in [0.5, 0.6) is 0 Å². The Morgan fingerprint density at radius 3 is 2.26 bits per heavy atom. The monoisotopic (exact) mass is 322 g/mol. The van der Waals surface area contributed by atoms with Crippen molar-refractivity contribution in [3.05, 3.63) is 0 Å². The molecule has 3 fully saturated rings. The lowest BCUT2D eigenvalue weighted by molar-refractivity contribution is -0.140. The lowest BCUT2D eigenvalue weighted by atomic mass is 9.88. The SMILES string of the molecule is CC(O)C(NC(=O)C1CC1)C(=O)N(CC1CCCCC1)C1CC1. The lowest BCUT2D eigenvalue weighted by Crippen LogP contribution is -2.55. The summed E-state index contributed by atoms with van der Waals surface area (Å²) in [4.78, 5) is 27.0. The maximum Gasteiger partial charge on any atom is 0.248 e. The molecule has 0 spiro atoms. The fourth-order valence-corrected chi connectivity index (χ4v) is 3.64. The number of carbonyl (C=O) groups excluding carboxylic acids is 2. The Kier molecular flexibility index (Phi) is 5.24. The van der Waals surface area contributed by atoms with Gasteiger partial charge in [0.15, 0.2) is 0 Å². The van der Waals surface area contributed by atoms with E-state index in [2.05, 4.69) is 5.32 Å². The Hall–Kier alpha value is -1.10. The van der Waals surface area contributed by atoms with Crippen LogP contribution in [0, 0.1) is 11.8 Å². The first kappa shape index (κ1) is 16.7. The highest BCUT2D eigenvalue weighted by Gasteiger charge is 2.40. The van der Waals surface area contributed by atoms with E-state index >= 15 is 0 Å². The molecule has 0 aromatic rings. The quantitative estimate of drug-likeness (QED) is 0.751. The Morgan fingerprint density at radius 1 is 1.09 bits per heavy atom. The zero-order valence-corrected chi connectivity index (χ0v) is 14.2. The maximum atomic E-state index is 13.0. The first-order valence-corrected chi connectivity index (χ1v) is 9.35. The van der Waals surface area contributed by atoms with Crippen molar-refractivity contribution in [3.8, 4) is 0 Å². The van der Waals surface area contributed by atoms with Crippen LogP contribution in [0.2, 0.25) is 0 Å². The molecule has 2 unspecified atom stereocenters. The van der Waals surface area contributed by atoms with Crippen LogP contribution in [0.15, 0.2) is 0 Å². The predicted molar refractivity (Wildman–Crippen MR) is 87.6 cm³/mol. The topological polar surface area (TPSA) is 69.6 Å². The lowest BCUT2D eigenvalue weighted by Gasteiger charge is -2.33. The van der Waals surface area contributed by atoms with Gasteiger partial charge in [0, 0.05) is 18.5 Å². The van der Waals surface area contributed by atoms with Crippen LogP contribution in [0.4, 0.5) is 0 Å². The van der Waals surface area contributed by atoms with Gasteiger partial charge in [-0.05, 0) is 51.4 Å². The highest BCUT2D eigenvalue weighted by atomic mass is 16.3. The minimum absolute atomic E-state index is 0.0526. The largest absolute Gasteiger partial charge is 0.391 e. The molecule has 2 atom stereocenters. The number of rotatable bonds is 7. The van der Waals surface area contributed by atoms with Crippen LogP contribution in [-0.2, 0) is 9.59 Å². The van der Waals surface area contributed by atoms with Crippen molar-refractivity contribution < 1.29 is 14.7 Å². The third-order valence-electron chi connectivity index (χ3n) is 5.44. The molecule has 3 saturated carbocycles. The smallest absolute Gasteiger partial charge is 0.248 e. The van der Waals surface area contributed by atoms with Crippen molar-refractivity contribution in [3.63, 3.8) is 0 Å². The normalized spacial score (nSPS) is 24.8. The van der Waals surface area contributed by atoms with Gasteiger partial charge in [-0.1, -0.05) is 19.3 Å². The van der Waals surface area contributed by atoms with E-state index in [4.69, 9.17) is 0 Å². The average Bonchev–Trinajstić information content (AvgIpc) is 3.40. The van der Waals surface area contributed by atoms with E-state index in [1.165, 1.54) is 32.1 Å². The summed E-state index contributed by atoms with van der Waals surface area (Å²) in [6, 6.07) is -0.462. The molecule has 23 heavy (non-hydrogen) atoms. The molecular formula is C18H30N2O3. The Labute approximate surface area is 138 Å². The molecule has 0 heterocycles. The highest BCUT2D eigenvalue weighted by Crippen LogP contribution is 2.32. The van der Waals surface area contributed by atoms with Crippen molar-refractivity contribution in [2.45, 2.75) is 82.9 Å². The summed E-state index contributed by atoms with van der Waals surface area (Å²) in [5, 5.41) is 12.8. The molecule has 3 aliphatic carbocycles. The molecule has 0 aromatic heterocycles. The van der Waals surface area contributed by atoms with Gasteiger partial charge in [0.25, 0.3) is 0 Å². The van der Waals surface area contributed by atoms with Gasteiger partial charge in [0.2, 0.25) is 11.8 Å². The van der Waals surface area contributed by atoms with Gasteiger partial charge in [-0.15, -0.1) is 0 Å². The molecule has 2 amide bonds. The van der Waals surface area contributed by atoms with Gasteiger partial charge >= 0.3 is 0 Å². The predicted octanol–water partition coefficient (Wildman–Crippen LogP) is 1.83. The third-order valence-corrected chi connectivity index (χ3v) is 5.44. The zero-order valence-electron chi connectivity index (χ0n) is 14.2. The number of aliphatic hydroxyl groups is 1. The first-order chi connectivity index (χ1) is 11.1. The Morgan fingerprint density at radius 2 is 1.74 bits per heavy atom. The molecular weight excluding hydrogens is 292 g/mol. The fourth-order valence-electron chi connectivity index (χ4n) is 3.64. The van der Waals surface area contributed by atoms with E-state index in [1.54, 1.807) is 6.92 Å².